The van der Waals surface area contributed by atoms with Crippen molar-refractivity contribution in [2.24, 2.45) is 26.2 Å². The molecule has 59 heavy (non-hydrogen) atoms. The highest BCUT2D eigenvalue weighted by molar-refractivity contribution is 8.93. The number of aliphatic hydroxyl groups is 4. The zero-order valence-electron chi connectivity index (χ0n) is 32.3. The molecule has 0 aliphatic carbocycles. The molecule has 6 rings (SSSR count). The molecule has 18 nitrogen and oxygen atoms in total. The molecule has 19 heteroatoms. The molecule has 0 saturated heterocycles. The summed E-state index contributed by atoms with van der Waals surface area (Å²) in [5.41, 5.74) is 11.2. The summed E-state index contributed by atoms with van der Waals surface area (Å²) in [7, 11) is 0. The van der Waals surface area contributed by atoms with Crippen LogP contribution >= 0.6 is 17.0 Å². The molecule has 0 unspecified atom stereocenters. The quantitative estimate of drug-likeness (QED) is 0.0236. The molecular weight excluding hydrogens is 820 g/mol. The molecule has 0 saturated carbocycles. The predicted octanol–water partition coefficient (Wildman–Crippen LogP) is 0.675. The van der Waals surface area contributed by atoms with Crippen molar-refractivity contribution in [2.75, 3.05) is 37.3 Å². The molecule has 0 aliphatic rings. The number of aromatic nitrogens is 6. The minimum Gasteiger partial charge on any atom is -0.395 e. The monoisotopic (exact) mass is 870 g/mol. The number of nitrogens with zero attached hydrogens (tertiary/aromatic N) is 10. The number of amidine groups is 1. The van der Waals surface area contributed by atoms with Crippen molar-refractivity contribution in [3.63, 3.8) is 0 Å². The summed E-state index contributed by atoms with van der Waals surface area (Å²) in [6.45, 7) is 2.15. The van der Waals surface area contributed by atoms with Crippen molar-refractivity contribution in [3.8, 4) is 0 Å². The van der Waals surface area contributed by atoms with Crippen LogP contribution in [0.2, 0.25) is 0 Å². The Morgan fingerprint density at radius 3 is 1.83 bits per heavy atom. The number of nitrogens with one attached hydrogen (secondary N) is 3. The van der Waals surface area contributed by atoms with E-state index in [9.17, 15) is 10.2 Å². The second-order valence-electron chi connectivity index (χ2n) is 11.7. The Morgan fingerprint density at radius 2 is 1.24 bits per heavy atom. The minimum absolute atomic E-state index is 0. The molecule has 0 spiro atoms. The highest BCUT2D eigenvalue weighted by atomic mass is 79.9. The normalized spacial score (nSPS) is 11.4. The third-order valence-electron chi connectivity index (χ3n) is 7.73. The Balaban J connectivity index is 0.000000263. The Morgan fingerprint density at radius 1 is 0.661 bits per heavy atom. The van der Waals surface area contributed by atoms with Crippen molar-refractivity contribution in [3.05, 3.63) is 169 Å². The molecule has 9 N–H and O–H groups in total. The van der Waals surface area contributed by atoms with E-state index in [1.807, 2.05) is 152 Å². The van der Waals surface area contributed by atoms with E-state index in [4.69, 9.17) is 16.1 Å². The van der Waals surface area contributed by atoms with Gasteiger partial charge < -0.3 is 29.6 Å². The lowest BCUT2D eigenvalue weighted by Crippen LogP contribution is -2.39. The van der Waals surface area contributed by atoms with E-state index in [0.717, 1.165) is 11.5 Å². The summed E-state index contributed by atoms with van der Waals surface area (Å²) >= 11 is 0. The van der Waals surface area contributed by atoms with Gasteiger partial charge in [-0.2, -0.15) is 21.5 Å². The van der Waals surface area contributed by atoms with Crippen LogP contribution in [-0.4, -0.2) is 78.0 Å². The maximum atomic E-state index is 9.24. The average Bonchev–Trinajstić information content (AvgIpc) is 3.27. The second-order valence-corrected chi connectivity index (χ2v) is 11.7. The van der Waals surface area contributed by atoms with E-state index >= 15 is 0 Å². The molecule has 310 valence electrons. The van der Waals surface area contributed by atoms with Gasteiger partial charge in [0, 0.05) is 50.0 Å². The maximum absolute atomic E-state index is 9.24. The van der Waals surface area contributed by atoms with Crippen molar-refractivity contribution in [1.29, 1.82) is 0 Å². The van der Waals surface area contributed by atoms with Crippen LogP contribution < -0.4 is 42.2 Å². The molecule has 0 atom stereocenters. The van der Waals surface area contributed by atoms with Crippen LogP contribution in [0, 0.1) is 0 Å². The number of nitrogen functional groups attached to an aromatic ring is 1. The summed E-state index contributed by atoms with van der Waals surface area (Å²) in [4.78, 5) is 8.45. The third-order valence-corrected chi connectivity index (χ3v) is 7.73. The first-order chi connectivity index (χ1) is 28.6. The van der Waals surface area contributed by atoms with Crippen LogP contribution in [0.3, 0.4) is 0 Å². The average molecular weight is 872 g/mol. The smallest absolute Gasteiger partial charge is 0.299 e. The van der Waals surface area contributed by atoms with Crippen LogP contribution in [0.4, 0.5) is 11.6 Å². The van der Waals surface area contributed by atoms with E-state index in [0.29, 0.717) is 54.5 Å². The maximum Gasteiger partial charge on any atom is 0.299 e. The summed E-state index contributed by atoms with van der Waals surface area (Å²) in [5, 5.41) is 53.0. The summed E-state index contributed by atoms with van der Waals surface area (Å²) in [6, 6.07) is 33.5. The highest BCUT2D eigenvalue weighted by Crippen LogP contribution is 2.01. The number of nitrogens with two attached hydrogens (primary N) is 1. The van der Waals surface area contributed by atoms with Gasteiger partial charge >= 0.3 is 0 Å². The summed E-state index contributed by atoms with van der Waals surface area (Å²) in [5.74, 6) is 7.16. The van der Waals surface area contributed by atoms with Gasteiger partial charge in [0.15, 0.2) is 11.0 Å². The SMILES string of the molecule is Br.NNc1cccc[n+]1CCO.OCCn1cccc/c1=N\N=Cc1ccccn1.OCCn1cccc/c1=N\NC(=NNc1cccc[n+]1CCO)c1ccccn1. The van der Waals surface area contributed by atoms with Gasteiger partial charge in [0.1, 0.15) is 18.8 Å². The fraction of sp³-hybridized carbons (Fsp3) is 0.200. The van der Waals surface area contributed by atoms with Gasteiger partial charge in [0.05, 0.1) is 50.7 Å². The standard InChI is InChI=1S/C20H23N7O2.C13H14N4O.C7H11N3O.BrH/c28-15-13-26-11-5-2-8-18(26)22-24-20(17-7-1-4-10-21-17)25-23-19-9-3-6-12-27(19)14-16-29;18-10-9-17-8-4-2-6-13(17)16-15-11-12-5-1-3-7-14-12;8-9-7-3-1-2-4-10(7)5-6-11;/h1-12,28-29H,13-16H2,(H,24,25);1-8,11,18H,9-10H2;1-4,11H,5-6,8H2;1H/p+2/b22-18+;15-11?,16-13+;;. The van der Waals surface area contributed by atoms with Gasteiger partial charge in [-0.25, -0.2) is 9.13 Å². The van der Waals surface area contributed by atoms with Gasteiger partial charge in [-0.15, -0.1) is 27.5 Å². The Hall–Kier alpha value is -6.48. The number of pyridine rings is 6. The molecule has 0 amide bonds. The summed E-state index contributed by atoms with van der Waals surface area (Å²) in [6.07, 6.45) is 12.4. The third kappa shape index (κ3) is 16.5. The number of hydrogen-bond donors (Lipinski definition) is 8. The zero-order chi connectivity index (χ0) is 41.0. The minimum atomic E-state index is 0. The lowest BCUT2D eigenvalue weighted by molar-refractivity contribution is -0.684. The number of halogens is 1. The predicted molar refractivity (Wildman–Crippen MR) is 229 cm³/mol. The first-order valence-corrected chi connectivity index (χ1v) is 18.3. The molecule has 0 aromatic carbocycles. The van der Waals surface area contributed by atoms with E-state index in [1.165, 1.54) is 0 Å². The van der Waals surface area contributed by atoms with Crippen LogP contribution in [0.5, 0.6) is 0 Å². The van der Waals surface area contributed by atoms with E-state index in [1.54, 1.807) is 18.6 Å². The summed E-state index contributed by atoms with van der Waals surface area (Å²) < 4.78 is 7.34. The van der Waals surface area contributed by atoms with Gasteiger partial charge in [-0.1, -0.05) is 41.5 Å². The fourth-order valence-electron chi connectivity index (χ4n) is 4.98. The molecule has 6 heterocycles. The molecular formula is C40H51BrN14O4+2. The molecule has 0 fully saturated rings. The molecule has 0 bridgehead atoms. The van der Waals surface area contributed by atoms with Crippen LogP contribution in [0.15, 0.2) is 167 Å². The van der Waals surface area contributed by atoms with Crippen molar-refractivity contribution in [1.82, 2.24) is 24.5 Å². The van der Waals surface area contributed by atoms with E-state index < -0.39 is 0 Å². The number of hydrazone groups is 1. The highest BCUT2D eigenvalue weighted by Gasteiger charge is 2.10. The fourth-order valence-corrected chi connectivity index (χ4v) is 4.98. The van der Waals surface area contributed by atoms with Gasteiger partial charge in [-0.3, -0.25) is 15.4 Å². The van der Waals surface area contributed by atoms with E-state index in [-0.39, 0.29) is 43.4 Å². The van der Waals surface area contributed by atoms with E-state index in [2.05, 4.69) is 46.7 Å². The number of hydrogen-bond acceptors (Lipinski definition) is 13. The number of hydrazine groups is 1. The van der Waals surface area contributed by atoms with Crippen LogP contribution in [0.1, 0.15) is 11.4 Å². The first kappa shape index (κ1) is 46.9. The lowest BCUT2D eigenvalue weighted by Gasteiger charge is -2.07. The van der Waals surface area contributed by atoms with Gasteiger partial charge in [0.2, 0.25) is 5.84 Å². The van der Waals surface area contributed by atoms with Crippen molar-refractivity contribution in [2.45, 2.75) is 26.2 Å². The Kier molecular flexibility index (Phi) is 22.3. The largest absolute Gasteiger partial charge is 0.395 e. The first-order valence-electron chi connectivity index (χ1n) is 18.3. The van der Waals surface area contributed by atoms with Crippen LogP contribution in [-0.2, 0) is 26.2 Å². The molecule has 6 aromatic rings. The van der Waals surface area contributed by atoms with Gasteiger partial charge in [0.25, 0.3) is 11.6 Å². The Bertz CT molecular complexity index is 2270. The number of aliphatic hydroxyl groups excluding tert-OH is 4. The lowest BCUT2D eigenvalue weighted by atomic mass is 10.3. The number of anilines is 2. The molecule has 0 radical (unpaired) electrons. The van der Waals surface area contributed by atoms with Crippen LogP contribution in [0.25, 0.3) is 0 Å². The second kappa shape index (κ2) is 28.0. The molecule has 0 aliphatic heterocycles. The number of rotatable bonds is 15. The topological polar surface area (TPSA) is 236 Å². The van der Waals surface area contributed by atoms with Gasteiger partial charge in [-0.05, 0) is 60.7 Å². The molecule has 6 aromatic heterocycles. The van der Waals surface area contributed by atoms with Crippen molar-refractivity contribution < 1.29 is 29.6 Å². The van der Waals surface area contributed by atoms with Crippen molar-refractivity contribution >= 4 is 40.7 Å². The Labute approximate surface area is 352 Å². The zero-order valence-corrected chi connectivity index (χ0v) is 34.1.